The average molecular weight is 465 g/mol. The van der Waals surface area contributed by atoms with E-state index in [2.05, 4.69) is 20.3 Å². The van der Waals surface area contributed by atoms with E-state index in [0.29, 0.717) is 40.6 Å². The summed E-state index contributed by atoms with van der Waals surface area (Å²) in [6.07, 6.45) is 3.03. The Morgan fingerprint density at radius 2 is 2.00 bits per heavy atom. The number of hydrogen-bond acceptors (Lipinski definition) is 9. The molecule has 3 aromatic rings. The van der Waals surface area contributed by atoms with Crippen molar-refractivity contribution < 1.29 is 28.1 Å². The zero-order valence-corrected chi connectivity index (χ0v) is 18.3. The Kier molecular flexibility index (Phi) is 5.16. The zero-order valence-electron chi connectivity index (χ0n) is 18.3. The fraction of sp³-hybridized carbons (Fsp3) is 0.217. The molecular weight excluding hydrogens is 445 g/mol. The summed E-state index contributed by atoms with van der Waals surface area (Å²) < 4.78 is 36.5. The summed E-state index contributed by atoms with van der Waals surface area (Å²) in [4.78, 5) is 25.3. The molecule has 11 heteroatoms. The SMILES string of the molecule is COc1cc(F)c2c(c1)[C@]1(CCOC(N)=N1)c1cc(NC(=O)c3cnc(OC)cn3)ccc1O2. The topological polar surface area (TPSA) is 130 Å². The molecule has 0 bridgehead atoms. The Labute approximate surface area is 193 Å². The molecule has 0 saturated heterocycles. The summed E-state index contributed by atoms with van der Waals surface area (Å²) in [5, 5.41) is 2.79. The molecule has 174 valence electrons. The van der Waals surface area contributed by atoms with Crippen molar-refractivity contribution in [2.45, 2.75) is 12.0 Å². The number of methoxy groups -OCH3 is 2. The molecule has 5 rings (SSSR count). The number of aliphatic imine (C=N–C) groups is 1. The van der Waals surface area contributed by atoms with Gasteiger partial charge in [0.1, 0.15) is 22.7 Å². The highest BCUT2D eigenvalue weighted by Gasteiger charge is 2.46. The predicted octanol–water partition coefficient (Wildman–Crippen LogP) is 2.97. The van der Waals surface area contributed by atoms with Gasteiger partial charge < -0.3 is 30.0 Å². The maximum absolute atomic E-state index is 14.9. The normalized spacial score (nSPS) is 18.0. The lowest BCUT2D eigenvalue weighted by Gasteiger charge is -2.39. The third kappa shape index (κ3) is 3.51. The number of fused-ring (bicyclic) bond motifs is 4. The van der Waals surface area contributed by atoms with E-state index < -0.39 is 17.3 Å². The number of hydrogen-bond donors (Lipinski definition) is 2. The van der Waals surface area contributed by atoms with Crippen LogP contribution >= 0.6 is 0 Å². The van der Waals surface area contributed by atoms with Crippen LogP contribution in [0.2, 0.25) is 0 Å². The number of nitrogens with one attached hydrogen (secondary N) is 1. The molecule has 0 aliphatic carbocycles. The van der Waals surface area contributed by atoms with Gasteiger partial charge in [0.2, 0.25) is 5.88 Å². The summed E-state index contributed by atoms with van der Waals surface area (Å²) in [5.74, 6) is -0.0282. The zero-order chi connectivity index (χ0) is 23.9. The second-order valence-corrected chi connectivity index (χ2v) is 7.61. The van der Waals surface area contributed by atoms with Gasteiger partial charge in [0.25, 0.3) is 11.9 Å². The van der Waals surface area contributed by atoms with Crippen LogP contribution in [0.5, 0.6) is 23.1 Å². The Bertz CT molecular complexity index is 1310. The molecule has 2 aliphatic heterocycles. The molecule has 0 fully saturated rings. The minimum absolute atomic E-state index is 0.0313. The van der Waals surface area contributed by atoms with Crippen LogP contribution < -0.4 is 25.3 Å². The van der Waals surface area contributed by atoms with E-state index in [4.69, 9.17) is 24.7 Å². The van der Waals surface area contributed by atoms with Gasteiger partial charge in [-0.3, -0.25) is 4.79 Å². The molecule has 2 aliphatic rings. The van der Waals surface area contributed by atoms with Gasteiger partial charge in [-0.05, 0) is 24.3 Å². The van der Waals surface area contributed by atoms with Crippen molar-refractivity contribution in [1.29, 1.82) is 0 Å². The lowest BCUT2D eigenvalue weighted by atomic mass is 9.77. The van der Waals surface area contributed by atoms with Crippen LogP contribution in [0.25, 0.3) is 0 Å². The monoisotopic (exact) mass is 465 g/mol. The van der Waals surface area contributed by atoms with Crippen molar-refractivity contribution in [3.05, 3.63) is 65.4 Å². The van der Waals surface area contributed by atoms with E-state index in [1.165, 1.54) is 32.7 Å². The predicted molar refractivity (Wildman–Crippen MR) is 119 cm³/mol. The van der Waals surface area contributed by atoms with Crippen molar-refractivity contribution >= 4 is 17.6 Å². The molecule has 1 atom stereocenters. The molecule has 0 radical (unpaired) electrons. The first-order chi connectivity index (χ1) is 16.4. The van der Waals surface area contributed by atoms with Crippen LogP contribution in [0.4, 0.5) is 10.1 Å². The molecule has 0 saturated carbocycles. The summed E-state index contributed by atoms with van der Waals surface area (Å²) in [7, 11) is 2.91. The first-order valence-electron chi connectivity index (χ1n) is 10.3. The summed E-state index contributed by atoms with van der Waals surface area (Å²) >= 11 is 0. The number of benzene rings is 2. The van der Waals surface area contributed by atoms with Crippen molar-refractivity contribution in [2.75, 3.05) is 26.1 Å². The Morgan fingerprint density at radius 3 is 2.71 bits per heavy atom. The van der Waals surface area contributed by atoms with Gasteiger partial charge in [-0.25, -0.2) is 19.4 Å². The molecule has 1 aromatic heterocycles. The van der Waals surface area contributed by atoms with E-state index in [1.54, 1.807) is 24.3 Å². The number of amides is 1. The lowest BCUT2D eigenvalue weighted by molar-refractivity contribution is 0.102. The summed E-state index contributed by atoms with van der Waals surface area (Å²) in [5.41, 5.74) is 6.46. The largest absolute Gasteiger partial charge is 0.497 e. The summed E-state index contributed by atoms with van der Waals surface area (Å²) in [6.45, 7) is 0.255. The summed E-state index contributed by atoms with van der Waals surface area (Å²) in [6, 6.07) is 7.87. The number of nitrogens with two attached hydrogens (primary N) is 1. The van der Waals surface area contributed by atoms with Crippen LogP contribution in [0, 0.1) is 5.82 Å². The van der Waals surface area contributed by atoms with E-state index in [-0.39, 0.29) is 24.1 Å². The smallest absolute Gasteiger partial charge is 0.283 e. The number of halogens is 1. The number of amidine groups is 1. The molecule has 2 aromatic carbocycles. The van der Waals surface area contributed by atoms with E-state index in [1.807, 2.05) is 0 Å². The van der Waals surface area contributed by atoms with E-state index in [9.17, 15) is 9.18 Å². The van der Waals surface area contributed by atoms with Crippen LogP contribution in [0.1, 0.15) is 28.0 Å². The van der Waals surface area contributed by atoms with Crippen molar-refractivity contribution in [3.63, 3.8) is 0 Å². The number of ether oxygens (including phenoxy) is 4. The molecule has 1 amide bonds. The van der Waals surface area contributed by atoms with Gasteiger partial charge in [-0.1, -0.05) is 0 Å². The third-order valence-electron chi connectivity index (χ3n) is 5.68. The van der Waals surface area contributed by atoms with Crippen LogP contribution in [-0.2, 0) is 10.3 Å². The van der Waals surface area contributed by atoms with Gasteiger partial charge in [0.15, 0.2) is 11.6 Å². The number of aromatic nitrogens is 2. The van der Waals surface area contributed by atoms with Crippen molar-refractivity contribution in [1.82, 2.24) is 9.97 Å². The van der Waals surface area contributed by atoms with Crippen molar-refractivity contribution in [2.24, 2.45) is 10.7 Å². The van der Waals surface area contributed by atoms with Crippen LogP contribution in [-0.4, -0.2) is 42.7 Å². The molecule has 3 N–H and O–H groups in total. The molecule has 0 unspecified atom stereocenters. The second kappa shape index (κ2) is 8.18. The van der Waals surface area contributed by atoms with Crippen molar-refractivity contribution in [3.8, 4) is 23.1 Å². The minimum Gasteiger partial charge on any atom is -0.497 e. The fourth-order valence-electron chi connectivity index (χ4n) is 4.08. The fourth-order valence-corrected chi connectivity index (χ4v) is 4.08. The Balaban J connectivity index is 1.58. The number of nitrogens with zero attached hydrogens (tertiary/aromatic N) is 3. The number of carbonyl (C=O) groups excluding carboxylic acids is 1. The molecule has 1 spiro atoms. The average Bonchev–Trinajstić information content (AvgIpc) is 2.85. The maximum atomic E-state index is 14.9. The first-order valence-corrected chi connectivity index (χ1v) is 10.3. The van der Waals surface area contributed by atoms with Gasteiger partial charge in [-0.15, -0.1) is 0 Å². The highest BCUT2D eigenvalue weighted by molar-refractivity contribution is 6.02. The van der Waals surface area contributed by atoms with Gasteiger partial charge >= 0.3 is 0 Å². The van der Waals surface area contributed by atoms with Crippen LogP contribution in [0.15, 0.2) is 47.7 Å². The Morgan fingerprint density at radius 1 is 1.15 bits per heavy atom. The second-order valence-electron chi connectivity index (χ2n) is 7.61. The van der Waals surface area contributed by atoms with Gasteiger partial charge in [0.05, 0.1) is 33.2 Å². The number of anilines is 1. The van der Waals surface area contributed by atoms with Gasteiger partial charge in [0, 0.05) is 29.3 Å². The van der Waals surface area contributed by atoms with E-state index >= 15 is 0 Å². The molecule has 34 heavy (non-hydrogen) atoms. The molecular formula is C23H20FN5O5. The standard InChI is InChI=1S/C23H20FN5O5/c1-31-13-8-15-20(16(24)9-13)34-18-4-3-12(7-14(18)23(15)5-6-33-22(25)29-23)28-21(30)17-10-27-19(32-2)11-26-17/h3-4,7-11H,5-6H2,1-2H3,(H2,25,29)(H,28,30)/t23-/m0/s1. The molecule has 10 nitrogen and oxygen atoms in total. The Hall–Kier alpha value is -4.41. The molecule has 3 heterocycles. The number of carbonyl (C=O) groups is 1. The third-order valence-corrected chi connectivity index (χ3v) is 5.68. The van der Waals surface area contributed by atoms with E-state index in [0.717, 1.165) is 0 Å². The highest BCUT2D eigenvalue weighted by atomic mass is 19.1. The van der Waals surface area contributed by atoms with Crippen LogP contribution in [0.3, 0.4) is 0 Å². The minimum atomic E-state index is -1.10. The van der Waals surface area contributed by atoms with Gasteiger partial charge in [-0.2, -0.15) is 0 Å². The first kappa shape index (κ1) is 21.4. The quantitative estimate of drug-likeness (QED) is 0.602. The maximum Gasteiger partial charge on any atom is 0.283 e. The number of rotatable bonds is 4. The lowest BCUT2D eigenvalue weighted by Crippen LogP contribution is -2.38. The highest BCUT2D eigenvalue weighted by Crippen LogP contribution is 2.54.